The molecule has 0 aromatic rings. The Balaban J connectivity index is 3.27. The summed E-state index contributed by atoms with van der Waals surface area (Å²) in [6.07, 6.45) is 1.31. The van der Waals surface area contributed by atoms with Gasteiger partial charge in [-0.2, -0.15) is 0 Å². The Morgan fingerprint density at radius 1 is 1.67 bits per heavy atom. The van der Waals surface area contributed by atoms with E-state index in [1.165, 1.54) is 0 Å². The number of carbonyl (C=O) groups excluding carboxylic acids is 1. The molecule has 1 unspecified atom stereocenters. The molecule has 0 aromatic heterocycles. The Hall–Kier alpha value is 0.210. The van der Waals surface area contributed by atoms with E-state index in [4.69, 9.17) is 28.9 Å². The molecule has 1 atom stereocenters. The van der Waals surface area contributed by atoms with E-state index in [0.29, 0.717) is 13.0 Å². The van der Waals surface area contributed by atoms with Gasteiger partial charge in [-0.3, -0.25) is 4.79 Å². The summed E-state index contributed by atoms with van der Waals surface area (Å²) in [6.45, 7) is 0.549. The smallest absolute Gasteiger partial charge is 0.239 e. The summed E-state index contributed by atoms with van der Waals surface area (Å²) in [4.78, 5) is 10.2. The minimum Gasteiger partial charge on any atom is -0.330 e. The van der Waals surface area contributed by atoms with E-state index in [1.807, 2.05) is 0 Å². The molecule has 0 fully saturated rings. The highest BCUT2D eigenvalue weighted by Gasteiger charge is 2.10. The van der Waals surface area contributed by atoms with Crippen molar-refractivity contribution < 1.29 is 4.79 Å². The van der Waals surface area contributed by atoms with Crippen LogP contribution in [-0.2, 0) is 4.79 Å². The molecule has 4 heteroatoms. The van der Waals surface area contributed by atoms with Crippen LogP contribution >= 0.6 is 23.2 Å². The lowest BCUT2D eigenvalue weighted by molar-refractivity contribution is -0.111. The molecule has 0 aliphatic heterocycles. The molecule has 0 heterocycles. The molecular weight excluding hydrogens is 161 g/mol. The summed E-state index contributed by atoms with van der Waals surface area (Å²) in [5, 5.41) is -1.06. The zero-order valence-electron chi connectivity index (χ0n) is 4.94. The van der Waals surface area contributed by atoms with E-state index >= 15 is 0 Å². The number of halogens is 2. The lowest BCUT2D eigenvalue weighted by atomic mass is 10.2. The summed E-state index contributed by atoms with van der Waals surface area (Å²) in [5.41, 5.74) is 5.16. The quantitative estimate of drug-likeness (QED) is 0.507. The number of hydrogen-bond donors (Lipinski definition) is 1. The van der Waals surface area contributed by atoms with Crippen molar-refractivity contribution in [1.29, 1.82) is 0 Å². The van der Waals surface area contributed by atoms with Gasteiger partial charge < -0.3 is 5.73 Å². The highest BCUT2D eigenvalue weighted by atomic mass is 35.5. The first-order valence-corrected chi connectivity index (χ1v) is 3.53. The third kappa shape index (κ3) is 4.70. The molecule has 0 rings (SSSR count). The van der Waals surface area contributed by atoms with Gasteiger partial charge in [0.15, 0.2) is 0 Å². The van der Waals surface area contributed by atoms with Gasteiger partial charge in [-0.25, -0.2) is 0 Å². The first kappa shape index (κ1) is 9.21. The average Bonchev–Trinajstić information content (AvgIpc) is 1.82. The SMILES string of the molecule is NCCCC(Cl)C(=O)Cl. The van der Waals surface area contributed by atoms with Gasteiger partial charge in [0.25, 0.3) is 0 Å². The highest BCUT2D eigenvalue weighted by molar-refractivity contribution is 6.69. The summed E-state index contributed by atoms with van der Waals surface area (Å²) >= 11 is 10.5. The molecule has 0 amide bonds. The van der Waals surface area contributed by atoms with Crippen LogP contribution in [0.4, 0.5) is 0 Å². The fourth-order valence-electron chi connectivity index (χ4n) is 0.411. The Kier molecular flexibility index (Phi) is 5.15. The molecule has 0 saturated heterocycles. The van der Waals surface area contributed by atoms with Crippen LogP contribution in [0, 0.1) is 0 Å². The maximum absolute atomic E-state index is 10.2. The maximum Gasteiger partial charge on any atom is 0.239 e. The van der Waals surface area contributed by atoms with Gasteiger partial charge in [0.2, 0.25) is 5.24 Å². The topological polar surface area (TPSA) is 43.1 Å². The molecule has 0 radical (unpaired) electrons. The molecule has 2 nitrogen and oxygen atoms in total. The number of carbonyl (C=O) groups is 1. The van der Waals surface area contributed by atoms with Crippen LogP contribution in [-0.4, -0.2) is 17.2 Å². The second kappa shape index (κ2) is 5.03. The van der Waals surface area contributed by atoms with Crippen molar-refractivity contribution in [2.24, 2.45) is 5.73 Å². The third-order valence-electron chi connectivity index (χ3n) is 0.908. The largest absolute Gasteiger partial charge is 0.330 e. The normalized spacial score (nSPS) is 13.2. The lowest BCUT2D eigenvalue weighted by Crippen LogP contribution is -2.10. The fraction of sp³-hybridized carbons (Fsp3) is 0.800. The lowest BCUT2D eigenvalue weighted by Gasteiger charge is -1.99. The van der Waals surface area contributed by atoms with E-state index in [1.54, 1.807) is 0 Å². The van der Waals surface area contributed by atoms with E-state index in [9.17, 15) is 4.79 Å². The molecule has 2 N–H and O–H groups in total. The Morgan fingerprint density at radius 2 is 2.22 bits per heavy atom. The van der Waals surface area contributed by atoms with Gasteiger partial charge in [-0.05, 0) is 31.0 Å². The Bertz CT molecular complexity index is 97.0. The molecule has 0 aliphatic carbocycles. The Labute approximate surface area is 64.3 Å². The van der Waals surface area contributed by atoms with Crippen molar-refractivity contribution in [3.63, 3.8) is 0 Å². The monoisotopic (exact) mass is 169 g/mol. The number of rotatable bonds is 4. The van der Waals surface area contributed by atoms with Gasteiger partial charge in [0, 0.05) is 0 Å². The third-order valence-corrected chi connectivity index (χ3v) is 1.70. The summed E-state index contributed by atoms with van der Waals surface area (Å²) in [5.74, 6) is 0. The van der Waals surface area contributed by atoms with Crippen molar-refractivity contribution in [2.75, 3.05) is 6.54 Å². The summed E-state index contributed by atoms with van der Waals surface area (Å²) < 4.78 is 0. The summed E-state index contributed by atoms with van der Waals surface area (Å²) in [7, 11) is 0. The van der Waals surface area contributed by atoms with Gasteiger partial charge in [0.05, 0.1) is 0 Å². The van der Waals surface area contributed by atoms with Gasteiger partial charge in [-0.15, -0.1) is 11.6 Å². The van der Waals surface area contributed by atoms with Crippen LogP contribution in [0.3, 0.4) is 0 Å². The van der Waals surface area contributed by atoms with Crippen LogP contribution < -0.4 is 5.73 Å². The van der Waals surface area contributed by atoms with Gasteiger partial charge >= 0.3 is 0 Å². The zero-order chi connectivity index (χ0) is 7.28. The zero-order valence-corrected chi connectivity index (χ0v) is 6.45. The first-order chi connectivity index (χ1) is 4.18. The molecule has 9 heavy (non-hydrogen) atoms. The molecule has 0 saturated carbocycles. The van der Waals surface area contributed by atoms with Gasteiger partial charge in [-0.1, -0.05) is 0 Å². The van der Waals surface area contributed by atoms with E-state index in [-0.39, 0.29) is 0 Å². The predicted octanol–water partition coefficient (Wildman–Crippen LogP) is 1.10. The van der Waals surface area contributed by atoms with Crippen molar-refractivity contribution in [3.8, 4) is 0 Å². The molecule has 0 aliphatic rings. The maximum atomic E-state index is 10.2. The minimum atomic E-state index is -0.560. The second-order valence-electron chi connectivity index (χ2n) is 1.70. The molecule has 54 valence electrons. The summed E-state index contributed by atoms with van der Waals surface area (Å²) in [6, 6.07) is 0. The number of nitrogens with two attached hydrogens (primary N) is 1. The van der Waals surface area contributed by atoms with Gasteiger partial charge in [0.1, 0.15) is 5.38 Å². The van der Waals surface area contributed by atoms with Crippen LogP contribution in [0.25, 0.3) is 0 Å². The predicted molar refractivity (Wildman–Crippen MR) is 38.8 cm³/mol. The van der Waals surface area contributed by atoms with Crippen LogP contribution in [0.15, 0.2) is 0 Å². The van der Waals surface area contributed by atoms with Crippen molar-refractivity contribution in [1.82, 2.24) is 0 Å². The fourth-order valence-corrected chi connectivity index (χ4v) is 0.674. The van der Waals surface area contributed by atoms with Crippen molar-refractivity contribution in [2.45, 2.75) is 18.2 Å². The average molecular weight is 170 g/mol. The minimum absolute atomic E-state index is 0.495. The first-order valence-electron chi connectivity index (χ1n) is 2.72. The molecular formula is C5H9Cl2NO. The van der Waals surface area contributed by atoms with E-state index < -0.39 is 10.6 Å². The number of alkyl halides is 1. The molecule has 0 bridgehead atoms. The molecule has 0 aromatic carbocycles. The molecule has 0 spiro atoms. The van der Waals surface area contributed by atoms with E-state index in [0.717, 1.165) is 6.42 Å². The van der Waals surface area contributed by atoms with Crippen molar-refractivity contribution >= 4 is 28.4 Å². The highest BCUT2D eigenvalue weighted by Crippen LogP contribution is 2.07. The second-order valence-corrected chi connectivity index (χ2v) is 2.60. The van der Waals surface area contributed by atoms with Crippen LogP contribution in [0.2, 0.25) is 0 Å². The Morgan fingerprint density at radius 3 is 2.56 bits per heavy atom. The van der Waals surface area contributed by atoms with E-state index in [2.05, 4.69) is 0 Å². The number of hydrogen-bond acceptors (Lipinski definition) is 2. The standard InChI is InChI=1S/C5H9Cl2NO/c6-4(5(7)9)2-1-3-8/h4H,1-3,8H2. The van der Waals surface area contributed by atoms with Crippen LogP contribution in [0.5, 0.6) is 0 Å². The van der Waals surface area contributed by atoms with Crippen LogP contribution in [0.1, 0.15) is 12.8 Å². The van der Waals surface area contributed by atoms with Crippen molar-refractivity contribution in [3.05, 3.63) is 0 Å².